The van der Waals surface area contributed by atoms with E-state index in [-0.39, 0.29) is 23.5 Å². The Morgan fingerprint density at radius 1 is 1.18 bits per heavy atom. The number of piperidine rings is 1. The van der Waals surface area contributed by atoms with E-state index in [1.807, 2.05) is 30.3 Å². The summed E-state index contributed by atoms with van der Waals surface area (Å²) in [4.78, 5) is 24.2. The normalized spacial score (nSPS) is 15.7. The molecule has 120 valence electrons. The first-order valence-corrected chi connectivity index (χ1v) is 8.53. The Labute approximate surface area is 134 Å². The zero-order chi connectivity index (χ0) is 15.8. The number of ether oxygens (including phenoxy) is 1. The highest BCUT2D eigenvalue weighted by Gasteiger charge is 2.23. The quantitative estimate of drug-likeness (QED) is 0.831. The van der Waals surface area contributed by atoms with E-state index in [9.17, 15) is 9.59 Å². The van der Waals surface area contributed by atoms with Crippen LogP contribution in [0.3, 0.4) is 0 Å². The molecule has 0 spiro atoms. The lowest BCUT2D eigenvalue weighted by atomic mass is 10.1. The molecule has 22 heavy (non-hydrogen) atoms. The number of rotatable bonds is 7. The summed E-state index contributed by atoms with van der Waals surface area (Å²) >= 11 is 1.15. The Hall–Kier alpha value is -1.53. The van der Waals surface area contributed by atoms with Gasteiger partial charge in [0.05, 0.1) is 24.2 Å². The molecule has 1 amide bonds. The summed E-state index contributed by atoms with van der Waals surface area (Å²) in [5.41, 5.74) is 1.16. The second kappa shape index (κ2) is 8.80. The van der Waals surface area contributed by atoms with E-state index in [4.69, 9.17) is 9.84 Å². The third-order valence-electron chi connectivity index (χ3n) is 3.57. The van der Waals surface area contributed by atoms with E-state index >= 15 is 0 Å². The first kappa shape index (κ1) is 16.8. The van der Waals surface area contributed by atoms with E-state index in [1.54, 1.807) is 4.90 Å². The summed E-state index contributed by atoms with van der Waals surface area (Å²) in [6.45, 7) is 1.98. The summed E-state index contributed by atoms with van der Waals surface area (Å²) < 4.78 is 5.89. The molecule has 0 atom stereocenters. The lowest BCUT2D eigenvalue weighted by Crippen LogP contribution is -2.41. The SMILES string of the molecule is O=C(O)CSCC(=O)N1CCC(OCc2ccccc2)CC1. The molecular formula is C16H21NO4S. The van der Waals surface area contributed by atoms with Crippen molar-refractivity contribution in [2.75, 3.05) is 24.6 Å². The van der Waals surface area contributed by atoms with E-state index in [0.717, 1.165) is 30.2 Å². The molecule has 1 aromatic rings. The van der Waals surface area contributed by atoms with Gasteiger partial charge in [-0.15, -0.1) is 11.8 Å². The van der Waals surface area contributed by atoms with E-state index < -0.39 is 5.97 Å². The number of hydrogen-bond acceptors (Lipinski definition) is 4. The largest absolute Gasteiger partial charge is 0.481 e. The second-order valence-corrected chi connectivity index (χ2v) is 6.25. The van der Waals surface area contributed by atoms with Gasteiger partial charge in [0, 0.05) is 13.1 Å². The maximum absolute atomic E-state index is 11.9. The second-order valence-electron chi connectivity index (χ2n) is 5.26. The Kier molecular flexibility index (Phi) is 6.74. The Morgan fingerprint density at radius 2 is 1.86 bits per heavy atom. The molecule has 1 saturated heterocycles. The zero-order valence-corrected chi connectivity index (χ0v) is 13.3. The van der Waals surface area contributed by atoms with Crippen molar-refractivity contribution in [2.45, 2.75) is 25.6 Å². The molecule has 1 aromatic carbocycles. The number of thioether (sulfide) groups is 1. The van der Waals surface area contributed by atoms with Gasteiger partial charge < -0.3 is 14.7 Å². The van der Waals surface area contributed by atoms with Gasteiger partial charge in [0.25, 0.3) is 0 Å². The van der Waals surface area contributed by atoms with Crippen LogP contribution in [0.5, 0.6) is 0 Å². The van der Waals surface area contributed by atoms with Crippen LogP contribution in [0.1, 0.15) is 18.4 Å². The van der Waals surface area contributed by atoms with Gasteiger partial charge in [-0.2, -0.15) is 0 Å². The van der Waals surface area contributed by atoms with Crippen molar-refractivity contribution in [1.82, 2.24) is 4.90 Å². The molecule has 0 saturated carbocycles. The molecule has 1 heterocycles. The average molecular weight is 323 g/mol. The van der Waals surface area contributed by atoms with Crippen molar-refractivity contribution in [3.63, 3.8) is 0 Å². The lowest BCUT2D eigenvalue weighted by molar-refractivity contribution is -0.133. The molecule has 0 radical (unpaired) electrons. The summed E-state index contributed by atoms with van der Waals surface area (Å²) in [6, 6.07) is 10.1. The van der Waals surface area contributed by atoms with Gasteiger partial charge in [0.15, 0.2) is 0 Å². The lowest BCUT2D eigenvalue weighted by Gasteiger charge is -2.32. The fourth-order valence-corrected chi connectivity index (χ4v) is 3.01. The summed E-state index contributed by atoms with van der Waals surface area (Å²) in [7, 11) is 0. The molecule has 1 fully saturated rings. The van der Waals surface area contributed by atoms with Gasteiger partial charge in [-0.05, 0) is 18.4 Å². The fourth-order valence-electron chi connectivity index (χ4n) is 2.38. The van der Waals surface area contributed by atoms with E-state index in [1.165, 1.54) is 0 Å². The Balaban J connectivity index is 1.65. The average Bonchev–Trinajstić information content (AvgIpc) is 2.54. The summed E-state index contributed by atoms with van der Waals surface area (Å²) in [5.74, 6) is -0.650. The topological polar surface area (TPSA) is 66.8 Å². The van der Waals surface area contributed by atoms with Crippen LogP contribution in [0.2, 0.25) is 0 Å². The van der Waals surface area contributed by atoms with E-state index in [0.29, 0.717) is 19.7 Å². The zero-order valence-electron chi connectivity index (χ0n) is 12.4. The van der Waals surface area contributed by atoms with Crippen molar-refractivity contribution in [1.29, 1.82) is 0 Å². The van der Waals surface area contributed by atoms with E-state index in [2.05, 4.69) is 0 Å². The highest BCUT2D eigenvalue weighted by Crippen LogP contribution is 2.16. The minimum Gasteiger partial charge on any atom is -0.481 e. The van der Waals surface area contributed by atoms with Crippen molar-refractivity contribution >= 4 is 23.6 Å². The highest BCUT2D eigenvalue weighted by molar-refractivity contribution is 8.00. The molecule has 1 N–H and O–H groups in total. The van der Waals surface area contributed by atoms with Crippen LogP contribution in [0.25, 0.3) is 0 Å². The molecule has 5 nitrogen and oxygen atoms in total. The molecule has 6 heteroatoms. The van der Waals surface area contributed by atoms with Gasteiger partial charge in [-0.3, -0.25) is 9.59 Å². The van der Waals surface area contributed by atoms with Crippen LogP contribution >= 0.6 is 11.8 Å². The Morgan fingerprint density at radius 3 is 2.50 bits per heavy atom. The molecule has 0 aliphatic carbocycles. The smallest absolute Gasteiger partial charge is 0.313 e. The fraction of sp³-hybridized carbons (Fsp3) is 0.500. The predicted octanol–water partition coefficient (Wildman–Crippen LogP) is 2.01. The van der Waals surface area contributed by atoms with Crippen molar-refractivity contribution < 1.29 is 19.4 Å². The minimum atomic E-state index is -0.883. The standard InChI is InChI=1S/C16H21NO4S/c18-15(11-22-12-16(19)20)17-8-6-14(7-9-17)21-10-13-4-2-1-3-5-13/h1-5,14H,6-12H2,(H,19,20). The number of amides is 1. The first-order valence-electron chi connectivity index (χ1n) is 7.38. The monoisotopic (exact) mass is 323 g/mol. The van der Waals surface area contributed by atoms with Crippen LogP contribution in [-0.2, 0) is 20.9 Å². The number of benzene rings is 1. The van der Waals surface area contributed by atoms with Gasteiger partial charge in [0.1, 0.15) is 0 Å². The molecule has 0 aromatic heterocycles. The van der Waals surface area contributed by atoms with Crippen molar-refractivity contribution in [3.8, 4) is 0 Å². The van der Waals surface area contributed by atoms with Gasteiger partial charge >= 0.3 is 5.97 Å². The maximum Gasteiger partial charge on any atom is 0.313 e. The molecule has 1 aliphatic heterocycles. The third kappa shape index (κ3) is 5.69. The number of nitrogens with zero attached hydrogens (tertiary/aromatic N) is 1. The number of aliphatic carboxylic acids is 1. The van der Waals surface area contributed by atoms with Crippen LogP contribution in [0.4, 0.5) is 0 Å². The number of carbonyl (C=O) groups is 2. The number of hydrogen-bond donors (Lipinski definition) is 1. The van der Waals surface area contributed by atoms with Gasteiger partial charge in [0.2, 0.25) is 5.91 Å². The van der Waals surface area contributed by atoms with Crippen LogP contribution < -0.4 is 0 Å². The highest BCUT2D eigenvalue weighted by atomic mass is 32.2. The predicted molar refractivity (Wildman–Crippen MR) is 85.8 cm³/mol. The summed E-state index contributed by atoms with van der Waals surface area (Å²) in [6.07, 6.45) is 1.86. The molecule has 2 rings (SSSR count). The van der Waals surface area contributed by atoms with Crippen molar-refractivity contribution in [2.24, 2.45) is 0 Å². The molecule has 0 bridgehead atoms. The number of carbonyl (C=O) groups excluding carboxylic acids is 1. The summed E-state index contributed by atoms with van der Waals surface area (Å²) in [5, 5.41) is 8.56. The van der Waals surface area contributed by atoms with Crippen LogP contribution in [0, 0.1) is 0 Å². The number of carboxylic acid groups (broad SMARTS) is 1. The third-order valence-corrected chi connectivity index (χ3v) is 4.48. The molecule has 1 aliphatic rings. The number of carboxylic acids is 1. The van der Waals surface area contributed by atoms with Gasteiger partial charge in [-0.1, -0.05) is 30.3 Å². The van der Waals surface area contributed by atoms with Crippen LogP contribution in [-0.4, -0.2) is 52.6 Å². The Bertz CT molecular complexity index is 486. The maximum atomic E-state index is 11.9. The minimum absolute atomic E-state index is 0.0211. The number of likely N-dealkylation sites (tertiary alicyclic amines) is 1. The van der Waals surface area contributed by atoms with Crippen LogP contribution in [0.15, 0.2) is 30.3 Å². The first-order chi connectivity index (χ1) is 10.6. The molecular weight excluding hydrogens is 302 g/mol. The van der Waals surface area contributed by atoms with Gasteiger partial charge in [-0.25, -0.2) is 0 Å². The van der Waals surface area contributed by atoms with Crippen molar-refractivity contribution in [3.05, 3.63) is 35.9 Å². The molecule has 0 unspecified atom stereocenters.